The molecule has 1 aromatic carbocycles. The van der Waals surface area contributed by atoms with Gasteiger partial charge in [0.05, 0.1) is 15.7 Å². The topological polar surface area (TPSA) is 29.1 Å². The third-order valence-corrected chi connectivity index (χ3v) is 2.91. The van der Waals surface area contributed by atoms with Crippen LogP contribution in [0.25, 0.3) is 0 Å². The smallest absolute Gasteiger partial charge is 0.266 e. The number of amides is 1. The molecule has 0 saturated heterocycles. The molecular formula is C9H6BrCl2NO. The minimum Gasteiger partial charge on any atom is -0.320 e. The van der Waals surface area contributed by atoms with Crippen LogP contribution in [0, 0.1) is 0 Å². The van der Waals surface area contributed by atoms with Crippen molar-refractivity contribution in [1.82, 2.24) is 0 Å². The van der Waals surface area contributed by atoms with E-state index in [1.807, 2.05) is 0 Å². The van der Waals surface area contributed by atoms with Crippen molar-refractivity contribution in [2.45, 2.75) is 0 Å². The summed E-state index contributed by atoms with van der Waals surface area (Å²) in [4.78, 5) is 11.2. The van der Waals surface area contributed by atoms with Crippen LogP contribution in [0.15, 0.2) is 34.3 Å². The molecular weight excluding hydrogens is 289 g/mol. The normalized spacial score (nSPS) is 9.64. The van der Waals surface area contributed by atoms with E-state index < -0.39 is 5.91 Å². The zero-order valence-electron chi connectivity index (χ0n) is 6.98. The Morgan fingerprint density at radius 2 is 2.14 bits per heavy atom. The van der Waals surface area contributed by atoms with Gasteiger partial charge in [-0.2, -0.15) is 0 Å². The quantitative estimate of drug-likeness (QED) is 0.826. The maximum absolute atomic E-state index is 11.2. The van der Waals surface area contributed by atoms with Gasteiger partial charge in [0.2, 0.25) is 0 Å². The van der Waals surface area contributed by atoms with Gasteiger partial charge in [0.1, 0.15) is 0 Å². The van der Waals surface area contributed by atoms with Gasteiger partial charge >= 0.3 is 0 Å². The van der Waals surface area contributed by atoms with Gasteiger partial charge in [-0.1, -0.05) is 35.8 Å². The molecule has 0 spiro atoms. The van der Waals surface area contributed by atoms with E-state index in [0.29, 0.717) is 15.2 Å². The van der Waals surface area contributed by atoms with Gasteiger partial charge in [-0.3, -0.25) is 4.79 Å². The molecule has 0 aliphatic heterocycles. The molecule has 1 amide bonds. The molecule has 0 aliphatic carbocycles. The zero-order valence-corrected chi connectivity index (χ0v) is 10.1. The molecule has 0 bridgehead atoms. The SMILES string of the molecule is C=C(Cl)C(=O)Nc1cccc(Br)c1Cl. The summed E-state index contributed by atoms with van der Waals surface area (Å²) in [6, 6.07) is 5.20. The average molecular weight is 295 g/mol. The molecule has 1 rings (SSSR count). The molecule has 2 nitrogen and oxygen atoms in total. The summed E-state index contributed by atoms with van der Waals surface area (Å²) in [5.74, 6) is -0.466. The van der Waals surface area contributed by atoms with Crippen molar-refractivity contribution in [3.8, 4) is 0 Å². The summed E-state index contributed by atoms with van der Waals surface area (Å²) in [5, 5.41) is 2.87. The highest BCUT2D eigenvalue weighted by Gasteiger charge is 2.08. The highest BCUT2D eigenvalue weighted by Crippen LogP contribution is 2.30. The van der Waals surface area contributed by atoms with Crippen molar-refractivity contribution in [1.29, 1.82) is 0 Å². The Hall–Kier alpha value is -0.510. The van der Waals surface area contributed by atoms with Crippen molar-refractivity contribution in [3.63, 3.8) is 0 Å². The number of halogens is 3. The number of carbonyl (C=O) groups excluding carboxylic acids is 1. The highest BCUT2D eigenvalue weighted by molar-refractivity contribution is 9.10. The zero-order chi connectivity index (χ0) is 10.7. The van der Waals surface area contributed by atoms with Crippen molar-refractivity contribution in [2.75, 3.05) is 5.32 Å². The van der Waals surface area contributed by atoms with Gasteiger partial charge < -0.3 is 5.32 Å². The Labute approximate surface area is 100 Å². The molecule has 0 aromatic heterocycles. The van der Waals surface area contributed by atoms with Crippen LogP contribution in [-0.2, 0) is 4.79 Å². The van der Waals surface area contributed by atoms with Crippen molar-refractivity contribution >= 4 is 50.7 Å². The van der Waals surface area contributed by atoms with E-state index in [1.165, 1.54) is 0 Å². The van der Waals surface area contributed by atoms with E-state index in [4.69, 9.17) is 23.2 Å². The van der Waals surface area contributed by atoms with Crippen LogP contribution in [0.3, 0.4) is 0 Å². The van der Waals surface area contributed by atoms with E-state index in [0.717, 1.165) is 0 Å². The summed E-state index contributed by atoms with van der Waals surface area (Å²) in [6.45, 7) is 3.30. The summed E-state index contributed by atoms with van der Waals surface area (Å²) in [7, 11) is 0. The van der Waals surface area contributed by atoms with Crippen LogP contribution in [-0.4, -0.2) is 5.91 Å². The summed E-state index contributed by atoms with van der Waals surface area (Å²) in [6.07, 6.45) is 0. The number of benzene rings is 1. The molecule has 74 valence electrons. The minimum absolute atomic E-state index is 0.0824. The molecule has 0 fully saturated rings. The molecule has 0 saturated carbocycles. The maximum Gasteiger partial charge on any atom is 0.266 e. The lowest BCUT2D eigenvalue weighted by Crippen LogP contribution is -2.11. The predicted octanol–water partition coefficient (Wildman–Crippen LogP) is 3.79. The fourth-order valence-corrected chi connectivity index (χ4v) is 1.38. The van der Waals surface area contributed by atoms with Gasteiger partial charge in [-0.15, -0.1) is 0 Å². The molecule has 1 N–H and O–H groups in total. The van der Waals surface area contributed by atoms with Crippen LogP contribution >= 0.6 is 39.1 Å². The number of hydrogen-bond acceptors (Lipinski definition) is 1. The Bertz CT molecular complexity index is 392. The minimum atomic E-state index is -0.466. The van der Waals surface area contributed by atoms with E-state index in [1.54, 1.807) is 18.2 Å². The lowest BCUT2D eigenvalue weighted by Gasteiger charge is -2.06. The second kappa shape index (κ2) is 4.82. The number of nitrogens with one attached hydrogen (secondary N) is 1. The highest BCUT2D eigenvalue weighted by atomic mass is 79.9. The van der Waals surface area contributed by atoms with Gasteiger partial charge in [0.15, 0.2) is 0 Å². The number of rotatable bonds is 2. The average Bonchev–Trinajstić information content (AvgIpc) is 2.12. The fraction of sp³-hybridized carbons (Fsp3) is 0. The van der Waals surface area contributed by atoms with Crippen molar-refractivity contribution in [3.05, 3.63) is 39.3 Å². The van der Waals surface area contributed by atoms with Crippen LogP contribution in [0.4, 0.5) is 5.69 Å². The van der Waals surface area contributed by atoms with Crippen LogP contribution < -0.4 is 5.32 Å². The first-order chi connectivity index (χ1) is 6.52. The Morgan fingerprint density at radius 1 is 1.50 bits per heavy atom. The second-order valence-electron chi connectivity index (χ2n) is 2.46. The standard InChI is InChI=1S/C9H6BrCl2NO/c1-5(11)9(14)13-7-4-2-3-6(10)8(7)12/h2-4H,1H2,(H,13,14). The third kappa shape index (κ3) is 2.74. The van der Waals surface area contributed by atoms with E-state index in [2.05, 4.69) is 27.8 Å². The predicted molar refractivity (Wildman–Crippen MR) is 62.8 cm³/mol. The molecule has 0 heterocycles. The van der Waals surface area contributed by atoms with Gasteiger partial charge in [0.25, 0.3) is 5.91 Å². The van der Waals surface area contributed by atoms with Gasteiger partial charge in [-0.25, -0.2) is 0 Å². The monoisotopic (exact) mass is 293 g/mol. The maximum atomic E-state index is 11.2. The second-order valence-corrected chi connectivity index (χ2v) is 4.15. The molecule has 0 radical (unpaired) electrons. The van der Waals surface area contributed by atoms with Crippen molar-refractivity contribution in [2.24, 2.45) is 0 Å². The first kappa shape index (κ1) is 11.6. The number of carbonyl (C=O) groups is 1. The van der Waals surface area contributed by atoms with Crippen LogP contribution in [0.1, 0.15) is 0 Å². The van der Waals surface area contributed by atoms with E-state index >= 15 is 0 Å². The van der Waals surface area contributed by atoms with E-state index in [9.17, 15) is 4.79 Å². The Balaban J connectivity index is 2.93. The third-order valence-electron chi connectivity index (χ3n) is 1.45. The largest absolute Gasteiger partial charge is 0.320 e. The first-order valence-corrected chi connectivity index (χ1v) is 5.17. The molecule has 5 heteroatoms. The summed E-state index contributed by atoms with van der Waals surface area (Å²) >= 11 is 14.6. The Kier molecular flexibility index (Phi) is 3.98. The number of anilines is 1. The van der Waals surface area contributed by atoms with Crippen molar-refractivity contribution < 1.29 is 4.79 Å². The molecule has 14 heavy (non-hydrogen) atoms. The van der Waals surface area contributed by atoms with Crippen LogP contribution in [0.5, 0.6) is 0 Å². The number of hydrogen-bond donors (Lipinski definition) is 1. The molecule has 0 aliphatic rings. The summed E-state index contributed by atoms with van der Waals surface area (Å²) < 4.78 is 0.706. The van der Waals surface area contributed by atoms with E-state index in [-0.39, 0.29) is 5.03 Å². The molecule has 0 atom stereocenters. The lowest BCUT2D eigenvalue weighted by atomic mass is 10.3. The first-order valence-electron chi connectivity index (χ1n) is 3.62. The lowest BCUT2D eigenvalue weighted by molar-refractivity contribution is -0.112. The van der Waals surface area contributed by atoms with Gasteiger partial charge in [-0.05, 0) is 28.1 Å². The molecule has 0 unspecified atom stereocenters. The summed E-state index contributed by atoms with van der Waals surface area (Å²) in [5.41, 5.74) is 0.493. The molecule has 1 aromatic rings. The fourth-order valence-electron chi connectivity index (χ4n) is 0.790. The van der Waals surface area contributed by atoms with Crippen LogP contribution in [0.2, 0.25) is 5.02 Å². The Morgan fingerprint density at radius 3 is 2.71 bits per heavy atom. The van der Waals surface area contributed by atoms with Gasteiger partial charge in [0, 0.05) is 4.47 Å².